The normalized spacial score (nSPS) is 11.6. The van der Waals surface area contributed by atoms with E-state index in [0.29, 0.717) is 17.5 Å². The van der Waals surface area contributed by atoms with Crippen molar-refractivity contribution in [1.82, 2.24) is 19.5 Å². The lowest BCUT2D eigenvalue weighted by atomic mass is 9.99. The molecule has 0 atom stereocenters. The Hall–Kier alpha value is -6.43. The van der Waals surface area contributed by atoms with Gasteiger partial charge in [-0.15, -0.1) is 11.3 Å². The van der Waals surface area contributed by atoms with Crippen LogP contribution in [0, 0.1) is 0 Å². The summed E-state index contributed by atoms with van der Waals surface area (Å²) in [4.78, 5) is 15.0. The van der Waals surface area contributed by atoms with Gasteiger partial charge in [-0.1, -0.05) is 140 Å². The van der Waals surface area contributed by atoms with Crippen LogP contribution in [0.25, 0.3) is 93.0 Å². The second kappa shape index (κ2) is 11.6. The molecule has 0 bridgehead atoms. The molecular weight excluding hydrogens is 629 g/mol. The average Bonchev–Trinajstić information content (AvgIpc) is 3.74. The Morgan fingerprint density at radius 2 is 0.960 bits per heavy atom. The van der Waals surface area contributed by atoms with Crippen molar-refractivity contribution in [2.45, 2.75) is 0 Å². The van der Waals surface area contributed by atoms with Gasteiger partial charge in [-0.2, -0.15) is 0 Å². The highest BCUT2D eigenvalue weighted by Gasteiger charge is 2.19. The summed E-state index contributed by atoms with van der Waals surface area (Å²) in [6, 6.07) is 59.7. The van der Waals surface area contributed by atoms with Gasteiger partial charge in [0.2, 0.25) is 0 Å². The standard InChI is InChI=1S/C45H28N4S/c1-4-14-29(15-5-1)33-21-13-25-39-41(33)36-20-10-11-24-38(36)49(39)32-26-27-34-35-22-12-23-37(42(35)50-40(34)28-32)45-47-43(30-16-6-2-7-17-30)46-44(48-45)31-18-8-3-9-19-31/h1-28H. The number of aromatic nitrogens is 4. The number of thiophene rings is 1. The number of hydrogen-bond acceptors (Lipinski definition) is 4. The molecule has 234 valence electrons. The number of fused-ring (bicyclic) bond motifs is 6. The Morgan fingerprint density at radius 3 is 1.68 bits per heavy atom. The van der Waals surface area contributed by atoms with Gasteiger partial charge in [-0.3, -0.25) is 0 Å². The summed E-state index contributed by atoms with van der Waals surface area (Å²) in [6.45, 7) is 0. The molecule has 0 N–H and O–H groups in total. The molecule has 0 saturated carbocycles. The lowest BCUT2D eigenvalue weighted by Crippen LogP contribution is -2.00. The molecule has 0 fully saturated rings. The van der Waals surface area contributed by atoms with Crippen LogP contribution in [0.1, 0.15) is 0 Å². The maximum absolute atomic E-state index is 5.06. The lowest BCUT2D eigenvalue weighted by molar-refractivity contribution is 1.08. The number of hydrogen-bond donors (Lipinski definition) is 0. The summed E-state index contributed by atoms with van der Waals surface area (Å²) in [5, 5.41) is 4.94. The molecule has 10 aromatic rings. The third kappa shape index (κ3) is 4.63. The molecule has 10 rings (SSSR count). The summed E-state index contributed by atoms with van der Waals surface area (Å²) in [5.74, 6) is 2.00. The fourth-order valence-electron chi connectivity index (χ4n) is 7.19. The Labute approximate surface area is 292 Å². The van der Waals surface area contributed by atoms with E-state index in [1.807, 2.05) is 60.7 Å². The Balaban J connectivity index is 1.17. The third-order valence-electron chi connectivity index (χ3n) is 9.46. The number of benzene rings is 7. The van der Waals surface area contributed by atoms with Gasteiger partial charge in [-0.05, 0) is 41.5 Å². The van der Waals surface area contributed by atoms with Crippen molar-refractivity contribution in [2.24, 2.45) is 0 Å². The van der Waals surface area contributed by atoms with E-state index in [1.54, 1.807) is 11.3 Å². The van der Waals surface area contributed by atoms with Crippen molar-refractivity contribution in [2.75, 3.05) is 0 Å². The number of para-hydroxylation sites is 1. The van der Waals surface area contributed by atoms with E-state index in [2.05, 4.69) is 114 Å². The van der Waals surface area contributed by atoms with E-state index in [-0.39, 0.29) is 0 Å². The lowest BCUT2D eigenvalue weighted by Gasteiger charge is -2.09. The Morgan fingerprint density at radius 1 is 0.400 bits per heavy atom. The van der Waals surface area contributed by atoms with Gasteiger partial charge < -0.3 is 4.57 Å². The second-order valence-corrected chi connectivity index (χ2v) is 13.5. The van der Waals surface area contributed by atoms with Gasteiger partial charge >= 0.3 is 0 Å². The van der Waals surface area contributed by atoms with Crippen LogP contribution in [0.3, 0.4) is 0 Å². The second-order valence-electron chi connectivity index (χ2n) is 12.4. The molecular formula is C45H28N4S. The third-order valence-corrected chi connectivity index (χ3v) is 10.7. The van der Waals surface area contributed by atoms with Crippen molar-refractivity contribution in [3.05, 3.63) is 170 Å². The van der Waals surface area contributed by atoms with E-state index in [4.69, 9.17) is 15.0 Å². The van der Waals surface area contributed by atoms with Gasteiger partial charge in [-0.25, -0.2) is 15.0 Å². The zero-order valence-corrected chi connectivity index (χ0v) is 27.7. The van der Waals surface area contributed by atoms with E-state index in [1.165, 1.54) is 48.4 Å². The molecule has 0 spiro atoms. The van der Waals surface area contributed by atoms with E-state index >= 15 is 0 Å². The van der Waals surface area contributed by atoms with Crippen molar-refractivity contribution >= 4 is 53.3 Å². The Kier molecular flexibility index (Phi) is 6.64. The predicted octanol–water partition coefficient (Wildman–Crippen LogP) is 12.0. The van der Waals surface area contributed by atoms with E-state index < -0.39 is 0 Å². The van der Waals surface area contributed by atoms with Crippen LogP contribution in [0.2, 0.25) is 0 Å². The molecule has 50 heavy (non-hydrogen) atoms. The highest BCUT2D eigenvalue weighted by molar-refractivity contribution is 7.26. The number of rotatable bonds is 5. The SMILES string of the molecule is c1ccc(-c2nc(-c3ccccc3)nc(-c3cccc4c3sc3cc(-n5c6ccccc6c6c(-c7ccccc7)cccc65)ccc34)n2)cc1. The highest BCUT2D eigenvalue weighted by atomic mass is 32.1. The first kappa shape index (κ1) is 28.6. The molecule has 0 radical (unpaired) electrons. The van der Waals surface area contributed by atoms with Crippen LogP contribution in [-0.2, 0) is 0 Å². The molecule has 3 heterocycles. The Bertz CT molecular complexity index is 2800. The molecule has 0 amide bonds. The molecule has 4 nitrogen and oxygen atoms in total. The van der Waals surface area contributed by atoms with Crippen molar-refractivity contribution in [3.8, 4) is 51.0 Å². The first-order valence-corrected chi connectivity index (χ1v) is 17.5. The predicted molar refractivity (Wildman–Crippen MR) is 209 cm³/mol. The van der Waals surface area contributed by atoms with Crippen molar-refractivity contribution in [1.29, 1.82) is 0 Å². The molecule has 7 aromatic carbocycles. The molecule has 0 aliphatic rings. The van der Waals surface area contributed by atoms with Crippen LogP contribution >= 0.6 is 11.3 Å². The van der Waals surface area contributed by atoms with E-state index in [0.717, 1.165) is 27.1 Å². The van der Waals surface area contributed by atoms with Crippen molar-refractivity contribution < 1.29 is 0 Å². The largest absolute Gasteiger partial charge is 0.309 e. The van der Waals surface area contributed by atoms with Crippen LogP contribution in [0.4, 0.5) is 0 Å². The van der Waals surface area contributed by atoms with Gasteiger partial charge in [0.25, 0.3) is 0 Å². The summed E-state index contributed by atoms with van der Waals surface area (Å²) in [5.41, 5.74) is 8.92. The molecule has 0 aliphatic heterocycles. The fraction of sp³-hybridized carbons (Fsp3) is 0. The first-order chi connectivity index (χ1) is 24.8. The summed E-state index contributed by atoms with van der Waals surface area (Å²) >= 11 is 1.79. The molecule has 3 aromatic heterocycles. The average molecular weight is 657 g/mol. The van der Waals surface area contributed by atoms with Crippen molar-refractivity contribution in [3.63, 3.8) is 0 Å². The molecule has 0 saturated heterocycles. The quantitative estimate of drug-likeness (QED) is 0.185. The zero-order valence-electron chi connectivity index (χ0n) is 26.9. The van der Waals surface area contributed by atoms with Crippen LogP contribution in [0.5, 0.6) is 0 Å². The highest BCUT2D eigenvalue weighted by Crippen LogP contribution is 2.43. The van der Waals surface area contributed by atoms with Gasteiger partial charge in [0.05, 0.1) is 11.0 Å². The van der Waals surface area contributed by atoms with Crippen LogP contribution < -0.4 is 0 Å². The maximum Gasteiger partial charge on any atom is 0.165 e. The first-order valence-electron chi connectivity index (χ1n) is 16.7. The number of nitrogens with zero attached hydrogens (tertiary/aromatic N) is 4. The van der Waals surface area contributed by atoms with Gasteiger partial charge in [0.1, 0.15) is 0 Å². The summed E-state index contributed by atoms with van der Waals surface area (Å²) < 4.78 is 4.79. The van der Waals surface area contributed by atoms with Gasteiger partial charge in [0.15, 0.2) is 17.5 Å². The van der Waals surface area contributed by atoms with Crippen LogP contribution in [0.15, 0.2) is 170 Å². The minimum Gasteiger partial charge on any atom is -0.309 e. The minimum atomic E-state index is 0.663. The summed E-state index contributed by atoms with van der Waals surface area (Å²) in [6.07, 6.45) is 0. The van der Waals surface area contributed by atoms with E-state index in [9.17, 15) is 0 Å². The summed E-state index contributed by atoms with van der Waals surface area (Å²) in [7, 11) is 0. The maximum atomic E-state index is 5.06. The topological polar surface area (TPSA) is 43.6 Å². The van der Waals surface area contributed by atoms with Crippen LogP contribution in [-0.4, -0.2) is 19.5 Å². The molecule has 0 aliphatic carbocycles. The zero-order chi connectivity index (χ0) is 33.0. The minimum absolute atomic E-state index is 0.663. The monoisotopic (exact) mass is 656 g/mol. The molecule has 0 unspecified atom stereocenters. The smallest absolute Gasteiger partial charge is 0.165 e. The van der Waals surface area contributed by atoms with Gasteiger partial charge in [0, 0.05) is 53.3 Å². The molecule has 5 heteroatoms. The fourth-order valence-corrected chi connectivity index (χ4v) is 8.43.